The van der Waals surface area contributed by atoms with Gasteiger partial charge in [0.15, 0.2) is 0 Å². The van der Waals surface area contributed by atoms with E-state index in [1.807, 2.05) is 6.08 Å². The molecule has 1 nitrogen and oxygen atoms in total. The van der Waals surface area contributed by atoms with Crippen LogP contribution in [0.4, 0.5) is 0 Å². The Bertz CT molecular complexity index is 523. The molecule has 0 saturated carbocycles. The molecule has 0 N–H and O–H groups in total. The highest BCUT2D eigenvalue weighted by Crippen LogP contribution is 2.21. The van der Waals surface area contributed by atoms with Crippen LogP contribution in [0.15, 0.2) is 61.2 Å². The van der Waals surface area contributed by atoms with Crippen LogP contribution in [0.25, 0.3) is 11.1 Å². The molecule has 0 atom stereocenters. The summed E-state index contributed by atoms with van der Waals surface area (Å²) in [7, 11) is 0. The summed E-state index contributed by atoms with van der Waals surface area (Å²) >= 11 is 0. The van der Waals surface area contributed by atoms with Crippen molar-refractivity contribution < 1.29 is 4.74 Å². The summed E-state index contributed by atoms with van der Waals surface area (Å²) in [5.74, 6) is 0. The molecule has 0 radical (unpaired) electrons. The molecule has 0 unspecified atom stereocenters. The van der Waals surface area contributed by atoms with Gasteiger partial charge in [-0.1, -0.05) is 61.5 Å². The number of hydrogen-bond acceptors (Lipinski definition) is 1. The van der Waals surface area contributed by atoms with E-state index in [0.29, 0.717) is 6.61 Å². The Morgan fingerprint density at radius 1 is 0.900 bits per heavy atom. The molecule has 0 bridgehead atoms. The quantitative estimate of drug-likeness (QED) is 0.505. The predicted octanol–water partition coefficient (Wildman–Crippen LogP) is 5.01. The SMILES string of the molecule is C=CCc1ccc(-c2ccc(COCCC)cc2)cc1. The summed E-state index contributed by atoms with van der Waals surface area (Å²) in [6.07, 6.45) is 3.92. The number of benzene rings is 2. The van der Waals surface area contributed by atoms with Crippen LogP contribution < -0.4 is 0 Å². The first-order valence-corrected chi connectivity index (χ1v) is 7.20. The van der Waals surface area contributed by atoms with Gasteiger partial charge in [0.25, 0.3) is 0 Å². The lowest BCUT2D eigenvalue weighted by atomic mass is 10.0. The monoisotopic (exact) mass is 266 g/mol. The highest BCUT2D eigenvalue weighted by atomic mass is 16.5. The molecule has 0 aliphatic carbocycles. The van der Waals surface area contributed by atoms with Crippen molar-refractivity contribution in [1.29, 1.82) is 0 Å². The van der Waals surface area contributed by atoms with Crippen LogP contribution in [0.3, 0.4) is 0 Å². The lowest BCUT2D eigenvalue weighted by Crippen LogP contribution is -1.93. The average molecular weight is 266 g/mol. The fourth-order valence-corrected chi connectivity index (χ4v) is 2.13. The Balaban J connectivity index is 2.03. The topological polar surface area (TPSA) is 9.23 Å². The van der Waals surface area contributed by atoms with Crippen molar-refractivity contribution in [2.24, 2.45) is 0 Å². The predicted molar refractivity (Wildman–Crippen MR) is 85.7 cm³/mol. The van der Waals surface area contributed by atoms with Crippen molar-refractivity contribution in [2.75, 3.05) is 6.61 Å². The van der Waals surface area contributed by atoms with Gasteiger partial charge in [0.1, 0.15) is 0 Å². The third kappa shape index (κ3) is 4.07. The van der Waals surface area contributed by atoms with Gasteiger partial charge in [-0.2, -0.15) is 0 Å². The van der Waals surface area contributed by atoms with E-state index in [9.17, 15) is 0 Å². The molecule has 0 spiro atoms. The molecule has 2 aromatic rings. The van der Waals surface area contributed by atoms with E-state index in [-0.39, 0.29) is 0 Å². The van der Waals surface area contributed by atoms with Crippen LogP contribution in [-0.2, 0) is 17.8 Å². The second-order valence-corrected chi connectivity index (χ2v) is 4.94. The molecule has 0 heterocycles. The van der Waals surface area contributed by atoms with Gasteiger partial charge >= 0.3 is 0 Å². The van der Waals surface area contributed by atoms with Crippen molar-refractivity contribution >= 4 is 0 Å². The molecule has 0 saturated heterocycles. The Morgan fingerprint density at radius 2 is 1.45 bits per heavy atom. The van der Waals surface area contributed by atoms with Crippen LogP contribution >= 0.6 is 0 Å². The van der Waals surface area contributed by atoms with Gasteiger partial charge < -0.3 is 4.74 Å². The van der Waals surface area contributed by atoms with Gasteiger partial charge in [0, 0.05) is 6.61 Å². The molecule has 2 rings (SSSR count). The van der Waals surface area contributed by atoms with Crippen LogP contribution in [0.5, 0.6) is 0 Å². The first-order valence-electron chi connectivity index (χ1n) is 7.20. The van der Waals surface area contributed by atoms with E-state index in [1.54, 1.807) is 0 Å². The van der Waals surface area contributed by atoms with E-state index in [4.69, 9.17) is 4.74 Å². The van der Waals surface area contributed by atoms with Crippen molar-refractivity contribution in [2.45, 2.75) is 26.4 Å². The smallest absolute Gasteiger partial charge is 0.0716 e. The zero-order chi connectivity index (χ0) is 14.2. The summed E-state index contributed by atoms with van der Waals surface area (Å²) in [5, 5.41) is 0. The third-order valence-corrected chi connectivity index (χ3v) is 3.24. The van der Waals surface area contributed by atoms with E-state index in [2.05, 4.69) is 62.0 Å². The Morgan fingerprint density at radius 3 is 1.95 bits per heavy atom. The summed E-state index contributed by atoms with van der Waals surface area (Å²) in [4.78, 5) is 0. The molecule has 1 heteroatoms. The molecule has 0 aliphatic rings. The zero-order valence-electron chi connectivity index (χ0n) is 12.1. The van der Waals surface area contributed by atoms with Crippen molar-refractivity contribution in [3.8, 4) is 11.1 Å². The molecular formula is C19H22O. The van der Waals surface area contributed by atoms with E-state index in [1.165, 1.54) is 22.3 Å². The summed E-state index contributed by atoms with van der Waals surface area (Å²) in [6, 6.07) is 17.3. The lowest BCUT2D eigenvalue weighted by Gasteiger charge is -2.06. The average Bonchev–Trinajstić information content (AvgIpc) is 2.49. The minimum atomic E-state index is 0.701. The number of ether oxygens (including phenoxy) is 1. The van der Waals surface area contributed by atoms with Gasteiger partial charge in [-0.3, -0.25) is 0 Å². The lowest BCUT2D eigenvalue weighted by molar-refractivity contribution is 0.121. The highest BCUT2D eigenvalue weighted by molar-refractivity contribution is 5.63. The minimum absolute atomic E-state index is 0.701. The normalized spacial score (nSPS) is 10.4. The number of allylic oxidation sites excluding steroid dienone is 1. The Hall–Kier alpha value is -1.86. The first-order chi connectivity index (χ1) is 9.83. The summed E-state index contributed by atoms with van der Waals surface area (Å²) in [5.41, 5.74) is 5.02. The molecule has 0 aromatic heterocycles. The largest absolute Gasteiger partial charge is 0.377 e. The van der Waals surface area contributed by atoms with Crippen LogP contribution in [0.1, 0.15) is 24.5 Å². The minimum Gasteiger partial charge on any atom is -0.377 e. The maximum Gasteiger partial charge on any atom is 0.0716 e. The van der Waals surface area contributed by atoms with Gasteiger partial charge in [-0.05, 0) is 35.1 Å². The zero-order valence-corrected chi connectivity index (χ0v) is 12.1. The fourth-order valence-electron chi connectivity index (χ4n) is 2.13. The van der Waals surface area contributed by atoms with E-state index >= 15 is 0 Å². The standard InChI is InChI=1S/C19H22O/c1-3-5-16-6-10-18(11-7-16)19-12-8-17(9-13-19)15-20-14-4-2/h3,6-13H,1,4-5,14-15H2,2H3. The van der Waals surface area contributed by atoms with Crippen LogP contribution in [-0.4, -0.2) is 6.61 Å². The first kappa shape index (κ1) is 14.5. The molecule has 0 fully saturated rings. The Labute approximate surface area is 121 Å². The maximum atomic E-state index is 5.55. The van der Waals surface area contributed by atoms with Gasteiger partial charge in [0.05, 0.1) is 6.61 Å². The van der Waals surface area contributed by atoms with Gasteiger partial charge in [-0.15, -0.1) is 6.58 Å². The third-order valence-electron chi connectivity index (χ3n) is 3.24. The second-order valence-electron chi connectivity index (χ2n) is 4.94. The summed E-state index contributed by atoms with van der Waals surface area (Å²) in [6.45, 7) is 7.42. The highest BCUT2D eigenvalue weighted by Gasteiger charge is 1.99. The van der Waals surface area contributed by atoms with E-state index < -0.39 is 0 Å². The summed E-state index contributed by atoms with van der Waals surface area (Å²) < 4.78 is 5.55. The second kappa shape index (κ2) is 7.66. The van der Waals surface area contributed by atoms with E-state index in [0.717, 1.165) is 19.4 Å². The number of hydrogen-bond donors (Lipinski definition) is 0. The Kier molecular flexibility index (Phi) is 5.57. The van der Waals surface area contributed by atoms with Crippen molar-refractivity contribution in [1.82, 2.24) is 0 Å². The molecule has 104 valence electrons. The molecular weight excluding hydrogens is 244 g/mol. The maximum absolute atomic E-state index is 5.55. The van der Waals surface area contributed by atoms with Gasteiger partial charge in [0.2, 0.25) is 0 Å². The van der Waals surface area contributed by atoms with Crippen LogP contribution in [0.2, 0.25) is 0 Å². The molecule has 0 amide bonds. The molecule has 20 heavy (non-hydrogen) atoms. The fraction of sp³-hybridized carbons (Fsp3) is 0.263. The van der Waals surface area contributed by atoms with Crippen molar-refractivity contribution in [3.05, 3.63) is 72.3 Å². The van der Waals surface area contributed by atoms with Crippen LogP contribution in [0, 0.1) is 0 Å². The molecule has 2 aromatic carbocycles. The molecule has 0 aliphatic heterocycles. The number of rotatable bonds is 7. The van der Waals surface area contributed by atoms with Crippen molar-refractivity contribution in [3.63, 3.8) is 0 Å². The van der Waals surface area contributed by atoms with Gasteiger partial charge in [-0.25, -0.2) is 0 Å².